The van der Waals surface area contributed by atoms with E-state index in [9.17, 15) is 13.6 Å². The maximum atomic E-state index is 13.4. The zero-order chi connectivity index (χ0) is 22.9. The Labute approximate surface area is 193 Å². The van der Waals surface area contributed by atoms with Gasteiger partial charge in [0, 0.05) is 19.6 Å². The zero-order valence-corrected chi connectivity index (χ0v) is 18.9. The highest BCUT2D eigenvalue weighted by Gasteiger charge is 2.28. The zero-order valence-electron chi connectivity index (χ0n) is 18.1. The summed E-state index contributed by atoms with van der Waals surface area (Å²) < 4.78 is 29.4. The number of piperidine rings is 1. The average molecular weight is 468 g/mol. The lowest BCUT2D eigenvalue weighted by atomic mass is 9.97. The SMILES string of the molecule is Cc1nn(-c2ccc(F)cc2)c2nc(N3CCCC(C(=O)NCc4cccc(F)c4)C3)sc12. The van der Waals surface area contributed by atoms with Crippen molar-refractivity contribution in [2.45, 2.75) is 26.3 Å². The Hall–Kier alpha value is -3.33. The average Bonchev–Trinajstić information content (AvgIpc) is 3.39. The first-order valence-corrected chi connectivity index (χ1v) is 11.7. The topological polar surface area (TPSA) is 63.1 Å². The van der Waals surface area contributed by atoms with Gasteiger partial charge in [0.25, 0.3) is 0 Å². The molecule has 0 radical (unpaired) electrons. The fraction of sp³-hybridized carbons (Fsp3) is 0.292. The van der Waals surface area contributed by atoms with Gasteiger partial charge in [0.15, 0.2) is 10.8 Å². The number of fused-ring (bicyclic) bond motifs is 1. The molecule has 9 heteroatoms. The van der Waals surface area contributed by atoms with Crippen LogP contribution in [0.3, 0.4) is 0 Å². The van der Waals surface area contributed by atoms with Crippen LogP contribution in [0.2, 0.25) is 0 Å². The van der Waals surface area contributed by atoms with Crippen molar-refractivity contribution in [3.05, 3.63) is 71.4 Å². The summed E-state index contributed by atoms with van der Waals surface area (Å²) in [5.74, 6) is -0.795. The lowest BCUT2D eigenvalue weighted by Gasteiger charge is -2.31. The van der Waals surface area contributed by atoms with Gasteiger partial charge in [0.2, 0.25) is 5.91 Å². The number of hydrogen-bond acceptors (Lipinski definition) is 5. The largest absolute Gasteiger partial charge is 0.352 e. The molecule has 0 saturated carbocycles. The number of halogens is 2. The van der Waals surface area contributed by atoms with E-state index in [1.165, 1.54) is 24.3 Å². The van der Waals surface area contributed by atoms with Crippen molar-refractivity contribution in [3.63, 3.8) is 0 Å². The second-order valence-corrected chi connectivity index (χ2v) is 9.23. The number of nitrogens with zero attached hydrogens (tertiary/aromatic N) is 4. The molecule has 6 nitrogen and oxygen atoms in total. The molecule has 0 spiro atoms. The Balaban J connectivity index is 1.32. The van der Waals surface area contributed by atoms with Gasteiger partial charge in [0.05, 0.1) is 22.0 Å². The van der Waals surface area contributed by atoms with Crippen LogP contribution in [0.5, 0.6) is 0 Å². The Kier molecular flexibility index (Phi) is 5.80. The molecule has 3 heterocycles. The molecule has 33 heavy (non-hydrogen) atoms. The van der Waals surface area contributed by atoms with Crippen molar-refractivity contribution in [1.29, 1.82) is 0 Å². The number of thiazole rings is 1. The van der Waals surface area contributed by atoms with Crippen LogP contribution >= 0.6 is 11.3 Å². The summed E-state index contributed by atoms with van der Waals surface area (Å²) in [7, 11) is 0. The molecule has 0 aliphatic carbocycles. The van der Waals surface area contributed by atoms with Gasteiger partial charge in [-0.15, -0.1) is 0 Å². The van der Waals surface area contributed by atoms with E-state index in [1.54, 1.807) is 40.3 Å². The molecular weight excluding hydrogens is 444 g/mol. The highest BCUT2D eigenvalue weighted by molar-refractivity contribution is 7.22. The van der Waals surface area contributed by atoms with Gasteiger partial charge in [-0.2, -0.15) is 10.1 Å². The van der Waals surface area contributed by atoms with Crippen LogP contribution in [0.1, 0.15) is 24.1 Å². The van der Waals surface area contributed by atoms with Crippen molar-refractivity contribution in [3.8, 4) is 5.69 Å². The smallest absolute Gasteiger partial charge is 0.225 e. The van der Waals surface area contributed by atoms with Gasteiger partial charge in [-0.1, -0.05) is 23.5 Å². The molecule has 1 saturated heterocycles. The number of rotatable bonds is 5. The number of nitrogens with one attached hydrogen (secondary N) is 1. The molecule has 1 amide bonds. The molecule has 1 unspecified atom stereocenters. The number of benzene rings is 2. The number of anilines is 1. The Morgan fingerprint density at radius 3 is 2.79 bits per heavy atom. The maximum absolute atomic E-state index is 13.4. The first-order chi connectivity index (χ1) is 16.0. The fourth-order valence-corrected chi connectivity index (χ4v) is 5.19. The number of carbonyl (C=O) groups excluding carboxylic acids is 1. The number of carbonyl (C=O) groups is 1. The Bertz CT molecular complexity index is 1300. The van der Waals surface area contributed by atoms with Crippen molar-refractivity contribution in [2.75, 3.05) is 18.0 Å². The van der Waals surface area contributed by atoms with Crippen LogP contribution in [0.25, 0.3) is 16.0 Å². The van der Waals surface area contributed by atoms with E-state index in [2.05, 4.69) is 15.3 Å². The predicted octanol–water partition coefficient (Wildman–Crippen LogP) is 4.60. The molecule has 4 aromatic rings. The van der Waals surface area contributed by atoms with Crippen molar-refractivity contribution in [1.82, 2.24) is 20.1 Å². The monoisotopic (exact) mass is 467 g/mol. The normalized spacial score (nSPS) is 16.3. The summed E-state index contributed by atoms with van der Waals surface area (Å²) in [5, 5.41) is 8.36. The second-order valence-electron chi connectivity index (χ2n) is 8.26. The van der Waals surface area contributed by atoms with E-state index in [4.69, 9.17) is 4.98 Å². The highest BCUT2D eigenvalue weighted by Crippen LogP contribution is 2.34. The Morgan fingerprint density at radius 1 is 1.18 bits per heavy atom. The van der Waals surface area contributed by atoms with Crippen LogP contribution in [0.15, 0.2) is 48.5 Å². The van der Waals surface area contributed by atoms with Crippen molar-refractivity contribution in [2.24, 2.45) is 5.92 Å². The quantitative estimate of drug-likeness (QED) is 0.466. The van der Waals surface area contributed by atoms with Crippen LogP contribution < -0.4 is 10.2 Å². The summed E-state index contributed by atoms with van der Waals surface area (Å²) in [6.45, 7) is 3.64. The third kappa shape index (κ3) is 4.45. The van der Waals surface area contributed by atoms with Crippen LogP contribution in [-0.2, 0) is 11.3 Å². The molecule has 1 aliphatic heterocycles. The van der Waals surface area contributed by atoms with E-state index in [1.807, 2.05) is 6.92 Å². The molecule has 2 aromatic carbocycles. The molecule has 2 aromatic heterocycles. The van der Waals surface area contributed by atoms with E-state index >= 15 is 0 Å². The summed E-state index contributed by atoms with van der Waals surface area (Å²) >= 11 is 1.56. The van der Waals surface area contributed by atoms with Crippen LogP contribution in [0.4, 0.5) is 13.9 Å². The van der Waals surface area contributed by atoms with E-state index in [-0.39, 0.29) is 23.5 Å². The van der Waals surface area contributed by atoms with E-state index in [0.29, 0.717) is 13.1 Å². The number of amides is 1. The van der Waals surface area contributed by atoms with Gasteiger partial charge in [-0.3, -0.25) is 4.79 Å². The third-order valence-electron chi connectivity index (χ3n) is 5.87. The number of aryl methyl sites for hydroxylation is 1. The van der Waals surface area contributed by atoms with Gasteiger partial charge in [-0.25, -0.2) is 13.5 Å². The maximum Gasteiger partial charge on any atom is 0.225 e. The molecule has 0 bridgehead atoms. The van der Waals surface area contributed by atoms with Crippen molar-refractivity contribution >= 4 is 32.7 Å². The number of aromatic nitrogens is 3. The second kappa shape index (κ2) is 8.90. The molecule has 5 rings (SSSR count). The lowest BCUT2D eigenvalue weighted by Crippen LogP contribution is -2.43. The molecular formula is C24H23F2N5OS. The molecule has 1 aliphatic rings. The van der Waals surface area contributed by atoms with Gasteiger partial charge in [0.1, 0.15) is 11.6 Å². The third-order valence-corrected chi connectivity index (χ3v) is 7.08. The Morgan fingerprint density at radius 2 is 2.00 bits per heavy atom. The fourth-order valence-electron chi connectivity index (χ4n) is 4.17. The summed E-state index contributed by atoms with van der Waals surface area (Å²) in [6, 6.07) is 12.4. The molecule has 1 N–H and O–H groups in total. The predicted molar refractivity (Wildman–Crippen MR) is 125 cm³/mol. The molecule has 1 atom stereocenters. The molecule has 1 fully saturated rings. The minimum absolute atomic E-state index is 0.0289. The standard InChI is InChI=1S/C24H23F2N5OS/c1-15-21-22(31(29-15)20-9-7-18(25)8-10-20)28-24(33-21)30-11-3-5-17(14-30)23(32)27-13-16-4-2-6-19(26)12-16/h2,4,6-10,12,17H,3,5,11,13-14H2,1H3,(H,27,32). The highest BCUT2D eigenvalue weighted by atomic mass is 32.1. The van der Waals surface area contributed by atoms with E-state index < -0.39 is 0 Å². The van der Waals surface area contributed by atoms with Gasteiger partial charge < -0.3 is 10.2 Å². The van der Waals surface area contributed by atoms with Crippen LogP contribution in [0, 0.1) is 24.5 Å². The lowest BCUT2D eigenvalue weighted by molar-refractivity contribution is -0.125. The molecule has 170 valence electrons. The van der Waals surface area contributed by atoms with Crippen molar-refractivity contribution < 1.29 is 13.6 Å². The first kappa shape index (κ1) is 21.5. The van der Waals surface area contributed by atoms with Gasteiger partial charge >= 0.3 is 0 Å². The first-order valence-electron chi connectivity index (χ1n) is 10.9. The van der Waals surface area contributed by atoms with E-state index in [0.717, 1.165) is 51.8 Å². The van der Waals surface area contributed by atoms with Crippen LogP contribution in [-0.4, -0.2) is 33.8 Å². The summed E-state index contributed by atoms with van der Waals surface area (Å²) in [6.07, 6.45) is 1.69. The number of hydrogen-bond donors (Lipinski definition) is 1. The minimum Gasteiger partial charge on any atom is -0.352 e. The van der Waals surface area contributed by atoms with Gasteiger partial charge in [-0.05, 0) is 61.7 Å². The summed E-state index contributed by atoms with van der Waals surface area (Å²) in [5.41, 5.74) is 3.08. The minimum atomic E-state index is -0.309. The summed E-state index contributed by atoms with van der Waals surface area (Å²) in [4.78, 5) is 19.8.